The van der Waals surface area contributed by atoms with Crippen LogP contribution in [0.5, 0.6) is 5.75 Å². The zero-order chi connectivity index (χ0) is 16.0. The van der Waals surface area contributed by atoms with E-state index in [2.05, 4.69) is 4.98 Å². The molecule has 0 aliphatic heterocycles. The molecular weight excluding hydrogens is 320 g/mol. The number of aromatic nitrogens is 1. The van der Waals surface area contributed by atoms with E-state index in [0.29, 0.717) is 6.61 Å². The normalized spacial score (nSPS) is 11.6. The summed E-state index contributed by atoms with van der Waals surface area (Å²) in [5.74, 6) is 1.57. The molecule has 0 atom stereocenters. The average molecular weight is 338 g/mol. The van der Waals surface area contributed by atoms with Crippen LogP contribution < -0.4 is 4.74 Å². The fourth-order valence-electron chi connectivity index (χ4n) is 1.64. The molecule has 0 N–H and O–H groups in total. The molecule has 0 unspecified atom stereocenters. The summed E-state index contributed by atoms with van der Waals surface area (Å²) in [5.41, 5.74) is 0. The highest BCUT2D eigenvalue weighted by Crippen LogP contribution is 2.19. The number of benzene rings is 1. The summed E-state index contributed by atoms with van der Waals surface area (Å²) in [5, 5.41) is 0.773. The number of hydrogen-bond donors (Lipinski definition) is 0. The molecule has 0 aliphatic rings. The minimum Gasteiger partial charge on any atom is -0.493 e. The molecule has 0 aliphatic carbocycles. The number of rotatable bonds is 7. The van der Waals surface area contributed by atoms with Crippen LogP contribution in [-0.4, -0.2) is 44.2 Å². The van der Waals surface area contributed by atoms with Crippen molar-refractivity contribution >= 4 is 21.8 Å². The van der Waals surface area contributed by atoms with Crippen molar-refractivity contribution < 1.29 is 13.2 Å². The van der Waals surface area contributed by atoms with Gasteiger partial charge in [0.2, 0.25) is 10.0 Å². The first-order valence-electron chi connectivity index (χ1n) is 6.69. The van der Waals surface area contributed by atoms with Crippen LogP contribution in [0.1, 0.15) is 0 Å². The van der Waals surface area contributed by atoms with Gasteiger partial charge < -0.3 is 4.74 Å². The van der Waals surface area contributed by atoms with E-state index in [0.717, 1.165) is 16.5 Å². The van der Waals surface area contributed by atoms with Gasteiger partial charge in [0.1, 0.15) is 10.6 Å². The van der Waals surface area contributed by atoms with Crippen molar-refractivity contribution in [3.8, 4) is 5.75 Å². The van der Waals surface area contributed by atoms with Gasteiger partial charge in [-0.3, -0.25) is 0 Å². The molecule has 0 spiro atoms. The summed E-state index contributed by atoms with van der Waals surface area (Å²) in [6.07, 6.45) is 1.38. The Balaban J connectivity index is 1.84. The van der Waals surface area contributed by atoms with E-state index in [1.165, 1.54) is 36.4 Å². The van der Waals surface area contributed by atoms with Crippen LogP contribution in [0.3, 0.4) is 0 Å². The molecule has 0 saturated carbocycles. The molecule has 0 saturated heterocycles. The summed E-state index contributed by atoms with van der Waals surface area (Å²) in [6.45, 7) is 0.564. The highest BCUT2D eigenvalue weighted by molar-refractivity contribution is 7.99. The van der Waals surface area contributed by atoms with Gasteiger partial charge in [-0.15, -0.1) is 11.8 Å². The number of hydrogen-bond acceptors (Lipinski definition) is 5. The Morgan fingerprint density at radius 2 is 1.86 bits per heavy atom. The lowest BCUT2D eigenvalue weighted by Crippen LogP contribution is -2.22. The summed E-state index contributed by atoms with van der Waals surface area (Å²) in [6, 6.07) is 12.9. The van der Waals surface area contributed by atoms with Gasteiger partial charge in [0.05, 0.1) is 11.6 Å². The standard InChI is InChI=1S/C15H18N2O3S2/c1-17(2)22(18,19)14-8-9-15(16-12-14)21-11-10-20-13-6-4-3-5-7-13/h3-9,12H,10-11H2,1-2H3. The number of para-hydroxylation sites is 1. The smallest absolute Gasteiger partial charge is 0.244 e. The van der Waals surface area contributed by atoms with Crippen molar-refractivity contribution in [2.75, 3.05) is 26.5 Å². The van der Waals surface area contributed by atoms with Gasteiger partial charge in [0, 0.05) is 26.0 Å². The lowest BCUT2D eigenvalue weighted by Gasteiger charge is -2.11. The van der Waals surface area contributed by atoms with Gasteiger partial charge in [0.15, 0.2) is 0 Å². The molecule has 1 aromatic carbocycles. The highest BCUT2D eigenvalue weighted by atomic mass is 32.2. The van der Waals surface area contributed by atoms with Gasteiger partial charge in [0.25, 0.3) is 0 Å². The molecule has 5 nitrogen and oxygen atoms in total. The SMILES string of the molecule is CN(C)S(=O)(=O)c1ccc(SCCOc2ccccc2)nc1. The quantitative estimate of drug-likeness (QED) is 0.573. The molecule has 2 aromatic rings. The van der Waals surface area contributed by atoms with Crippen molar-refractivity contribution in [2.45, 2.75) is 9.92 Å². The van der Waals surface area contributed by atoms with Gasteiger partial charge in [-0.25, -0.2) is 17.7 Å². The second-order valence-corrected chi connectivity index (χ2v) is 7.90. The van der Waals surface area contributed by atoms with Gasteiger partial charge in [-0.2, -0.15) is 0 Å². The van der Waals surface area contributed by atoms with Crippen LogP contribution in [0.4, 0.5) is 0 Å². The molecule has 1 heterocycles. The van der Waals surface area contributed by atoms with Crippen molar-refractivity contribution in [3.05, 3.63) is 48.7 Å². The molecule has 2 rings (SSSR count). The molecule has 0 amide bonds. The molecular formula is C15H18N2O3S2. The maximum atomic E-state index is 11.9. The van der Waals surface area contributed by atoms with Crippen LogP contribution in [0, 0.1) is 0 Å². The number of ether oxygens (including phenoxy) is 1. The highest BCUT2D eigenvalue weighted by Gasteiger charge is 2.17. The summed E-state index contributed by atoms with van der Waals surface area (Å²) >= 11 is 1.52. The van der Waals surface area contributed by atoms with E-state index in [1.54, 1.807) is 12.1 Å². The minimum atomic E-state index is -3.42. The van der Waals surface area contributed by atoms with Gasteiger partial charge in [-0.05, 0) is 24.3 Å². The maximum Gasteiger partial charge on any atom is 0.244 e. The number of pyridine rings is 1. The minimum absolute atomic E-state index is 0.197. The molecule has 0 fully saturated rings. The van der Waals surface area contributed by atoms with E-state index in [9.17, 15) is 8.42 Å². The Bertz CT molecular complexity index is 686. The second kappa shape index (κ2) is 7.62. The van der Waals surface area contributed by atoms with E-state index >= 15 is 0 Å². The fourth-order valence-corrected chi connectivity index (χ4v) is 3.15. The first-order chi connectivity index (χ1) is 10.5. The number of thioether (sulfide) groups is 1. The fraction of sp³-hybridized carbons (Fsp3) is 0.267. The van der Waals surface area contributed by atoms with Crippen LogP contribution in [-0.2, 0) is 10.0 Å². The van der Waals surface area contributed by atoms with Gasteiger partial charge in [-0.1, -0.05) is 18.2 Å². The molecule has 118 valence electrons. The first kappa shape index (κ1) is 16.8. The van der Waals surface area contributed by atoms with Crippen LogP contribution >= 0.6 is 11.8 Å². The van der Waals surface area contributed by atoms with E-state index in [4.69, 9.17) is 4.74 Å². The monoisotopic (exact) mass is 338 g/mol. The zero-order valence-corrected chi connectivity index (χ0v) is 14.1. The predicted octanol–water partition coefficient (Wildman–Crippen LogP) is 2.50. The Labute approximate surface area is 135 Å². The summed E-state index contributed by atoms with van der Waals surface area (Å²) < 4.78 is 30.6. The lowest BCUT2D eigenvalue weighted by atomic mass is 10.3. The number of nitrogens with zero attached hydrogens (tertiary/aromatic N) is 2. The third kappa shape index (κ3) is 4.46. The largest absolute Gasteiger partial charge is 0.493 e. The summed E-state index contributed by atoms with van der Waals surface area (Å²) in [4.78, 5) is 4.37. The third-order valence-electron chi connectivity index (χ3n) is 2.83. The zero-order valence-electron chi connectivity index (χ0n) is 12.5. The van der Waals surface area contributed by atoms with Crippen LogP contribution in [0.15, 0.2) is 58.6 Å². The van der Waals surface area contributed by atoms with Crippen LogP contribution in [0.25, 0.3) is 0 Å². The molecule has 22 heavy (non-hydrogen) atoms. The van der Waals surface area contributed by atoms with E-state index < -0.39 is 10.0 Å². The maximum absolute atomic E-state index is 11.9. The van der Waals surface area contributed by atoms with Crippen molar-refractivity contribution in [2.24, 2.45) is 0 Å². The molecule has 0 bridgehead atoms. The van der Waals surface area contributed by atoms with Crippen molar-refractivity contribution in [1.29, 1.82) is 0 Å². The average Bonchev–Trinajstić information content (AvgIpc) is 2.53. The second-order valence-electron chi connectivity index (χ2n) is 4.63. The summed E-state index contributed by atoms with van der Waals surface area (Å²) in [7, 11) is -0.420. The predicted molar refractivity (Wildman–Crippen MR) is 87.8 cm³/mol. The molecule has 1 aromatic heterocycles. The first-order valence-corrected chi connectivity index (χ1v) is 9.12. The van der Waals surface area contributed by atoms with E-state index in [-0.39, 0.29) is 4.90 Å². The number of sulfonamides is 1. The Kier molecular flexibility index (Phi) is 5.82. The molecule has 7 heteroatoms. The van der Waals surface area contributed by atoms with E-state index in [1.807, 2.05) is 30.3 Å². The molecule has 0 radical (unpaired) electrons. The Morgan fingerprint density at radius 1 is 1.14 bits per heavy atom. The Morgan fingerprint density at radius 3 is 2.45 bits per heavy atom. The van der Waals surface area contributed by atoms with Crippen LogP contribution in [0.2, 0.25) is 0 Å². The van der Waals surface area contributed by atoms with Crippen molar-refractivity contribution in [3.63, 3.8) is 0 Å². The van der Waals surface area contributed by atoms with Gasteiger partial charge >= 0.3 is 0 Å². The van der Waals surface area contributed by atoms with Crippen molar-refractivity contribution in [1.82, 2.24) is 9.29 Å². The lowest BCUT2D eigenvalue weighted by molar-refractivity contribution is 0.344. The topological polar surface area (TPSA) is 59.5 Å². The Hall–Kier alpha value is -1.57. The third-order valence-corrected chi connectivity index (χ3v) is 5.54.